The first-order valence-electron chi connectivity index (χ1n) is 7.04. The fourth-order valence-corrected chi connectivity index (χ4v) is 3.82. The van der Waals surface area contributed by atoms with Crippen molar-refractivity contribution in [3.8, 4) is 6.07 Å². The summed E-state index contributed by atoms with van der Waals surface area (Å²) in [6.45, 7) is 0. The van der Waals surface area contributed by atoms with Crippen molar-refractivity contribution >= 4 is 9.84 Å². The second kappa shape index (κ2) is 5.21. The van der Waals surface area contributed by atoms with Gasteiger partial charge in [0.05, 0.1) is 17.2 Å². The van der Waals surface area contributed by atoms with Crippen LogP contribution in [0, 0.1) is 28.6 Å². The molecule has 0 spiro atoms. The van der Waals surface area contributed by atoms with Gasteiger partial charge in [-0.1, -0.05) is 32.1 Å². The lowest BCUT2D eigenvalue weighted by Gasteiger charge is -2.44. The fourth-order valence-electron chi connectivity index (χ4n) is 2.60. The first-order chi connectivity index (χ1) is 8.45. The summed E-state index contributed by atoms with van der Waals surface area (Å²) in [6, 6.07) is 2.39. The van der Waals surface area contributed by atoms with E-state index in [9.17, 15) is 13.7 Å². The molecule has 3 aliphatic rings. The highest BCUT2D eigenvalue weighted by atomic mass is 32.2. The third-order valence-electron chi connectivity index (χ3n) is 4.15. The van der Waals surface area contributed by atoms with Gasteiger partial charge in [0, 0.05) is 6.26 Å². The summed E-state index contributed by atoms with van der Waals surface area (Å²) >= 11 is 0. The van der Waals surface area contributed by atoms with E-state index in [4.69, 9.17) is 0 Å². The smallest absolute Gasteiger partial charge is 0.147 e. The van der Waals surface area contributed by atoms with Crippen molar-refractivity contribution in [2.24, 2.45) is 17.3 Å². The third-order valence-corrected chi connectivity index (χ3v) is 5.16. The normalized spacial score (nSPS) is 33.7. The fraction of sp³-hybridized carbons (Fsp3) is 0.929. The molecule has 18 heavy (non-hydrogen) atoms. The van der Waals surface area contributed by atoms with Crippen molar-refractivity contribution in [3.05, 3.63) is 0 Å². The maximum absolute atomic E-state index is 11.2. The zero-order valence-corrected chi connectivity index (χ0v) is 12.0. The van der Waals surface area contributed by atoms with Crippen LogP contribution < -0.4 is 0 Å². The Morgan fingerprint density at radius 3 is 2.11 bits per heavy atom. The van der Waals surface area contributed by atoms with E-state index in [0.717, 1.165) is 19.3 Å². The van der Waals surface area contributed by atoms with Crippen LogP contribution in [0.25, 0.3) is 0 Å². The molecule has 102 valence electrons. The molecule has 0 radical (unpaired) electrons. The standard InChI is InChI=1S/C11H17NO2S.C3H6/c1-15(13,14)7-10-4-5-11(10,8-12)6-9-2-3-9;1-2-3-1/h9-10H,2-7H2,1H3;1-3H2. The Hall–Kier alpha value is -0.560. The monoisotopic (exact) mass is 269 g/mol. The lowest BCUT2D eigenvalue weighted by Crippen LogP contribution is -2.43. The molecule has 0 aromatic rings. The predicted octanol–water partition coefficient (Wildman–Crippen LogP) is 2.92. The van der Waals surface area contributed by atoms with Gasteiger partial charge in [0.1, 0.15) is 9.84 Å². The lowest BCUT2D eigenvalue weighted by molar-refractivity contribution is 0.0943. The van der Waals surface area contributed by atoms with E-state index in [0.29, 0.717) is 5.92 Å². The van der Waals surface area contributed by atoms with Gasteiger partial charge in [-0.3, -0.25) is 0 Å². The van der Waals surface area contributed by atoms with Crippen molar-refractivity contribution < 1.29 is 8.42 Å². The third kappa shape index (κ3) is 3.98. The average Bonchev–Trinajstić information content (AvgIpc) is 3.14. The van der Waals surface area contributed by atoms with Crippen LogP contribution in [0.4, 0.5) is 0 Å². The zero-order valence-electron chi connectivity index (χ0n) is 11.2. The van der Waals surface area contributed by atoms with Gasteiger partial charge in [-0.2, -0.15) is 5.26 Å². The van der Waals surface area contributed by atoms with Crippen LogP contribution in [0.15, 0.2) is 0 Å². The molecule has 0 aliphatic heterocycles. The predicted molar refractivity (Wildman–Crippen MR) is 71.7 cm³/mol. The van der Waals surface area contributed by atoms with Crippen molar-refractivity contribution in [1.82, 2.24) is 0 Å². The van der Waals surface area contributed by atoms with Crippen molar-refractivity contribution in [2.75, 3.05) is 12.0 Å². The Morgan fingerprint density at radius 2 is 1.83 bits per heavy atom. The quantitative estimate of drug-likeness (QED) is 0.788. The highest BCUT2D eigenvalue weighted by Crippen LogP contribution is 2.54. The van der Waals surface area contributed by atoms with Gasteiger partial charge in [0.15, 0.2) is 0 Å². The number of hydrogen-bond acceptors (Lipinski definition) is 3. The second-order valence-corrected chi connectivity index (χ2v) is 8.49. The minimum atomic E-state index is -2.93. The maximum Gasteiger partial charge on any atom is 0.147 e. The summed E-state index contributed by atoms with van der Waals surface area (Å²) < 4.78 is 22.5. The molecule has 3 saturated carbocycles. The van der Waals surface area contributed by atoms with Gasteiger partial charge in [-0.25, -0.2) is 8.42 Å². The van der Waals surface area contributed by atoms with E-state index in [1.807, 2.05) is 0 Å². The average molecular weight is 269 g/mol. The molecule has 0 N–H and O–H groups in total. The molecular formula is C14H23NO2S. The van der Waals surface area contributed by atoms with Gasteiger partial charge >= 0.3 is 0 Å². The topological polar surface area (TPSA) is 57.9 Å². The van der Waals surface area contributed by atoms with Crippen LogP contribution >= 0.6 is 0 Å². The molecule has 0 saturated heterocycles. The van der Waals surface area contributed by atoms with Gasteiger partial charge in [0.25, 0.3) is 0 Å². The summed E-state index contributed by atoms with van der Waals surface area (Å²) in [6.07, 6.45) is 11.0. The van der Waals surface area contributed by atoms with E-state index < -0.39 is 9.84 Å². The molecule has 2 atom stereocenters. The van der Waals surface area contributed by atoms with Crippen LogP contribution in [-0.4, -0.2) is 20.4 Å². The molecule has 0 bridgehead atoms. The summed E-state index contributed by atoms with van der Waals surface area (Å²) in [7, 11) is -2.93. The number of rotatable bonds is 4. The highest BCUT2D eigenvalue weighted by molar-refractivity contribution is 7.90. The highest BCUT2D eigenvalue weighted by Gasteiger charge is 2.50. The number of hydrogen-bond donors (Lipinski definition) is 0. The van der Waals surface area contributed by atoms with E-state index >= 15 is 0 Å². The van der Waals surface area contributed by atoms with Gasteiger partial charge in [-0.05, 0) is 31.1 Å². The first-order valence-corrected chi connectivity index (χ1v) is 9.10. The molecule has 3 rings (SSSR count). The Kier molecular flexibility index (Phi) is 4.01. The van der Waals surface area contributed by atoms with Crippen LogP contribution in [0.1, 0.15) is 51.4 Å². The van der Waals surface area contributed by atoms with E-state index in [2.05, 4.69) is 6.07 Å². The van der Waals surface area contributed by atoms with Gasteiger partial charge < -0.3 is 0 Å². The number of nitriles is 1. The van der Waals surface area contributed by atoms with Crippen molar-refractivity contribution in [3.63, 3.8) is 0 Å². The zero-order chi connectivity index (χ0) is 13.2. The first kappa shape index (κ1) is 13.9. The Balaban J connectivity index is 0.000000350. The van der Waals surface area contributed by atoms with Crippen LogP contribution in [0.3, 0.4) is 0 Å². The molecule has 0 heterocycles. The van der Waals surface area contributed by atoms with E-state index in [-0.39, 0.29) is 17.1 Å². The second-order valence-electron chi connectivity index (χ2n) is 6.30. The number of nitrogens with zero attached hydrogens (tertiary/aromatic N) is 1. The Morgan fingerprint density at radius 1 is 1.22 bits per heavy atom. The molecule has 3 aliphatic carbocycles. The SMILES string of the molecule is C1CC1.CS(=O)(=O)CC1CCC1(C#N)CC1CC1. The Labute approximate surface area is 110 Å². The summed E-state index contributed by atoms with van der Waals surface area (Å²) in [5.41, 5.74) is -0.301. The molecular weight excluding hydrogens is 246 g/mol. The minimum absolute atomic E-state index is 0.0955. The van der Waals surface area contributed by atoms with Crippen molar-refractivity contribution in [1.29, 1.82) is 5.26 Å². The molecule has 0 amide bonds. The van der Waals surface area contributed by atoms with Crippen LogP contribution in [-0.2, 0) is 9.84 Å². The molecule has 4 heteroatoms. The maximum atomic E-state index is 11.2. The summed E-state index contributed by atoms with van der Waals surface area (Å²) in [4.78, 5) is 0. The molecule has 3 nitrogen and oxygen atoms in total. The van der Waals surface area contributed by atoms with Gasteiger partial charge in [0.2, 0.25) is 0 Å². The largest absolute Gasteiger partial charge is 0.229 e. The van der Waals surface area contributed by atoms with Gasteiger partial charge in [-0.15, -0.1) is 0 Å². The van der Waals surface area contributed by atoms with Crippen molar-refractivity contribution in [2.45, 2.75) is 51.4 Å². The van der Waals surface area contributed by atoms with E-state index in [1.54, 1.807) is 0 Å². The minimum Gasteiger partial charge on any atom is -0.229 e. The molecule has 2 unspecified atom stereocenters. The summed E-state index contributed by atoms with van der Waals surface area (Å²) in [5.74, 6) is 0.998. The Bertz CT molecular complexity index is 428. The molecule has 0 aromatic heterocycles. The molecule has 3 fully saturated rings. The number of sulfone groups is 1. The van der Waals surface area contributed by atoms with Crippen LogP contribution in [0.2, 0.25) is 0 Å². The molecule has 0 aromatic carbocycles. The lowest BCUT2D eigenvalue weighted by atomic mass is 9.59. The summed E-state index contributed by atoms with van der Waals surface area (Å²) in [5, 5.41) is 9.24. The van der Waals surface area contributed by atoms with E-state index in [1.165, 1.54) is 38.4 Å². The van der Waals surface area contributed by atoms with Crippen LogP contribution in [0.5, 0.6) is 0 Å².